The smallest absolute Gasteiger partial charge is 0.0474 e. The van der Waals surface area contributed by atoms with E-state index in [-0.39, 0.29) is 0 Å². The molecule has 0 radical (unpaired) electrons. The Morgan fingerprint density at radius 2 is 2.12 bits per heavy atom. The van der Waals surface area contributed by atoms with Crippen molar-refractivity contribution in [3.05, 3.63) is 35.4 Å². The molecule has 0 amide bonds. The molecule has 1 aromatic carbocycles. The van der Waals surface area contributed by atoms with Crippen molar-refractivity contribution in [3.63, 3.8) is 0 Å². The predicted molar refractivity (Wildman–Crippen MR) is 66.2 cm³/mol. The summed E-state index contributed by atoms with van der Waals surface area (Å²) in [6.45, 7) is 3.40. The summed E-state index contributed by atoms with van der Waals surface area (Å²) in [5, 5.41) is 12.8. The van der Waals surface area contributed by atoms with E-state index >= 15 is 0 Å². The zero-order valence-electron chi connectivity index (χ0n) is 9.95. The number of aryl methyl sites for hydroxylation is 1. The van der Waals surface area contributed by atoms with Crippen LogP contribution in [0.25, 0.3) is 0 Å². The molecule has 16 heavy (non-hydrogen) atoms. The Labute approximate surface area is 97.7 Å². The van der Waals surface area contributed by atoms with Crippen LogP contribution in [-0.4, -0.2) is 17.8 Å². The minimum atomic E-state index is 0.325. The van der Waals surface area contributed by atoms with Gasteiger partial charge in [-0.2, -0.15) is 0 Å². The van der Waals surface area contributed by atoms with Gasteiger partial charge in [-0.05, 0) is 36.8 Å². The van der Waals surface area contributed by atoms with Crippen molar-refractivity contribution < 1.29 is 5.11 Å². The maximum atomic E-state index is 9.25. The summed E-state index contributed by atoms with van der Waals surface area (Å²) in [5.74, 6) is 0.462. The zero-order valence-corrected chi connectivity index (χ0v) is 9.95. The van der Waals surface area contributed by atoms with Crippen LogP contribution in [0, 0.1) is 12.8 Å². The lowest BCUT2D eigenvalue weighted by Gasteiger charge is -2.19. The second-order valence-electron chi connectivity index (χ2n) is 4.79. The molecule has 0 aliphatic heterocycles. The summed E-state index contributed by atoms with van der Waals surface area (Å²) in [6.07, 6.45) is 3.62. The third kappa shape index (κ3) is 2.63. The summed E-state index contributed by atoms with van der Waals surface area (Å²) in [7, 11) is 0. The van der Waals surface area contributed by atoms with Crippen molar-refractivity contribution >= 4 is 0 Å². The average molecular weight is 219 g/mol. The lowest BCUT2D eigenvalue weighted by molar-refractivity contribution is 0.205. The molecule has 0 bridgehead atoms. The second kappa shape index (κ2) is 5.46. The van der Waals surface area contributed by atoms with E-state index < -0.39 is 0 Å². The molecule has 88 valence electrons. The van der Waals surface area contributed by atoms with Crippen LogP contribution in [0.15, 0.2) is 24.3 Å². The van der Waals surface area contributed by atoms with Crippen LogP contribution < -0.4 is 5.32 Å². The number of aliphatic hydroxyl groups excluding tert-OH is 1. The number of nitrogens with one attached hydrogen (secondary N) is 1. The highest BCUT2D eigenvalue weighted by atomic mass is 16.3. The van der Waals surface area contributed by atoms with Crippen LogP contribution >= 0.6 is 0 Å². The van der Waals surface area contributed by atoms with Gasteiger partial charge in [-0.1, -0.05) is 30.7 Å². The zero-order chi connectivity index (χ0) is 11.4. The molecule has 0 saturated heterocycles. The van der Waals surface area contributed by atoms with E-state index in [4.69, 9.17) is 0 Å². The Bertz CT molecular complexity index is 337. The van der Waals surface area contributed by atoms with Crippen LogP contribution in [0.3, 0.4) is 0 Å². The Morgan fingerprint density at radius 3 is 2.88 bits per heavy atom. The van der Waals surface area contributed by atoms with Crippen LogP contribution in [0.1, 0.15) is 30.4 Å². The molecule has 0 aromatic heterocycles. The van der Waals surface area contributed by atoms with Crippen molar-refractivity contribution in [1.29, 1.82) is 0 Å². The van der Waals surface area contributed by atoms with Crippen LogP contribution in [0.5, 0.6) is 0 Å². The summed E-state index contributed by atoms with van der Waals surface area (Å²) in [5.41, 5.74) is 2.71. The first kappa shape index (κ1) is 11.6. The lowest BCUT2D eigenvalue weighted by atomic mass is 10.0. The van der Waals surface area contributed by atoms with Gasteiger partial charge in [-0.3, -0.25) is 0 Å². The summed E-state index contributed by atoms with van der Waals surface area (Å²) in [4.78, 5) is 0. The Hall–Kier alpha value is -0.860. The number of aliphatic hydroxyl groups is 1. The van der Waals surface area contributed by atoms with Crippen LogP contribution in [0.2, 0.25) is 0 Å². The highest BCUT2D eigenvalue weighted by Crippen LogP contribution is 2.25. The van der Waals surface area contributed by atoms with Gasteiger partial charge < -0.3 is 10.4 Å². The molecule has 0 heterocycles. The largest absolute Gasteiger partial charge is 0.396 e. The van der Waals surface area contributed by atoms with E-state index in [0.29, 0.717) is 18.6 Å². The Balaban J connectivity index is 1.90. The molecule has 2 nitrogen and oxygen atoms in total. The van der Waals surface area contributed by atoms with Gasteiger partial charge in [0, 0.05) is 19.2 Å². The number of hydrogen-bond donors (Lipinski definition) is 2. The molecule has 0 spiro atoms. The summed E-state index contributed by atoms with van der Waals surface area (Å²) >= 11 is 0. The van der Waals surface area contributed by atoms with E-state index in [9.17, 15) is 5.11 Å². The van der Waals surface area contributed by atoms with Gasteiger partial charge in [0.15, 0.2) is 0 Å². The molecule has 2 unspecified atom stereocenters. The van der Waals surface area contributed by atoms with Crippen molar-refractivity contribution in [2.24, 2.45) is 5.92 Å². The fraction of sp³-hybridized carbons (Fsp3) is 0.571. The molecule has 2 atom stereocenters. The Morgan fingerprint density at radius 1 is 1.31 bits per heavy atom. The van der Waals surface area contributed by atoms with E-state index in [1.807, 2.05) is 0 Å². The first-order chi connectivity index (χ1) is 7.81. The van der Waals surface area contributed by atoms with Gasteiger partial charge in [0.1, 0.15) is 0 Å². The second-order valence-corrected chi connectivity index (χ2v) is 4.79. The minimum Gasteiger partial charge on any atom is -0.396 e. The van der Waals surface area contributed by atoms with Crippen LogP contribution in [0.4, 0.5) is 0 Å². The van der Waals surface area contributed by atoms with Gasteiger partial charge in [-0.15, -0.1) is 0 Å². The first-order valence-electron chi connectivity index (χ1n) is 6.20. The highest BCUT2D eigenvalue weighted by molar-refractivity contribution is 5.25. The topological polar surface area (TPSA) is 32.3 Å². The van der Waals surface area contributed by atoms with E-state index in [0.717, 1.165) is 6.54 Å². The molecule has 1 aliphatic carbocycles. The van der Waals surface area contributed by atoms with E-state index in [2.05, 4.69) is 36.5 Å². The molecule has 1 fully saturated rings. The third-order valence-corrected chi connectivity index (χ3v) is 3.71. The van der Waals surface area contributed by atoms with Crippen LogP contribution in [-0.2, 0) is 6.54 Å². The lowest BCUT2D eigenvalue weighted by Crippen LogP contribution is -2.33. The van der Waals surface area contributed by atoms with Crippen molar-refractivity contribution in [1.82, 2.24) is 5.32 Å². The summed E-state index contributed by atoms with van der Waals surface area (Å²) in [6, 6.07) is 8.98. The quantitative estimate of drug-likeness (QED) is 0.814. The van der Waals surface area contributed by atoms with Crippen molar-refractivity contribution in [3.8, 4) is 0 Å². The Kier molecular flexibility index (Phi) is 3.97. The molecule has 1 aromatic rings. The van der Waals surface area contributed by atoms with Crippen molar-refractivity contribution in [2.75, 3.05) is 6.61 Å². The molecule has 1 saturated carbocycles. The van der Waals surface area contributed by atoms with E-state index in [1.165, 1.54) is 30.4 Å². The normalized spacial score (nSPS) is 24.9. The van der Waals surface area contributed by atoms with Gasteiger partial charge in [-0.25, -0.2) is 0 Å². The maximum Gasteiger partial charge on any atom is 0.0474 e. The fourth-order valence-electron chi connectivity index (χ4n) is 2.57. The van der Waals surface area contributed by atoms with Gasteiger partial charge in [0.2, 0.25) is 0 Å². The average Bonchev–Trinajstić information content (AvgIpc) is 2.75. The minimum absolute atomic E-state index is 0.325. The first-order valence-corrected chi connectivity index (χ1v) is 6.20. The van der Waals surface area contributed by atoms with Gasteiger partial charge in [0.25, 0.3) is 0 Å². The molecule has 2 heteroatoms. The molecule has 1 aliphatic rings. The summed E-state index contributed by atoms with van der Waals surface area (Å²) < 4.78 is 0. The van der Waals surface area contributed by atoms with Crippen molar-refractivity contribution in [2.45, 2.75) is 38.8 Å². The number of rotatable bonds is 4. The molecular formula is C14H21NO. The van der Waals surface area contributed by atoms with Gasteiger partial charge in [0.05, 0.1) is 0 Å². The molecular weight excluding hydrogens is 198 g/mol. The SMILES string of the molecule is Cc1ccccc1CNC1CCCC1CO. The molecule has 2 rings (SSSR count). The highest BCUT2D eigenvalue weighted by Gasteiger charge is 2.25. The number of hydrogen-bond acceptors (Lipinski definition) is 2. The third-order valence-electron chi connectivity index (χ3n) is 3.71. The predicted octanol–water partition coefficient (Wildman–Crippen LogP) is 2.25. The standard InChI is InChI=1S/C14H21NO/c1-11-5-2-3-6-12(11)9-15-14-8-4-7-13(14)10-16/h2-3,5-6,13-16H,4,7-10H2,1H3. The number of benzene rings is 1. The van der Waals surface area contributed by atoms with E-state index in [1.54, 1.807) is 0 Å². The fourth-order valence-corrected chi connectivity index (χ4v) is 2.57. The maximum absolute atomic E-state index is 9.25. The monoisotopic (exact) mass is 219 g/mol. The molecule has 2 N–H and O–H groups in total. The van der Waals surface area contributed by atoms with Gasteiger partial charge >= 0.3 is 0 Å².